The fourth-order valence-electron chi connectivity index (χ4n) is 2.10. The fraction of sp³-hybridized carbons (Fsp3) is 0. The zero-order chi connectivity index (χ0) is 17.8. The number of nitrogens with one attached hydrogen (secondary N) is 2. The molecule has 25 heavy (non-hydrogen) atoms. The lowest BCUT2D eigenvalue weighted by Crippen LogP contribution is -2.14. The van der Waals surface area contributed by atoms with Gasteiger partial charge in [0.25, 0.3) is 5.91 Å². The lowest BCUT2D eigenvalue weighted by Gasteiger charge is -2.09. The number of pyridine rings is 1. The van der Waals surface area contributed by atoms with Crippen LogP contribution in [0.4, 0.5) is 30.2 Å². The van der Waals surface area contributed by atoms with Crippen LogP contribution in [0.25, 0.3) is 0 Å². The van der Waals surface area contributed by atoms with Crippen LogP contribution in [0.1, 0.15) is 10.5 Å². The number of amides is 1. The summed E-state index contributed by atoms with van der Waals surface area (Å²) in [5.41, 5.74) is 1.40. The van der Waals surface area contributed by atoms with Gasteiger partial charge in [0.2, 0.25) is 0 Å². The predicted octanol–water partition coefficient (Wildman–Crippen LogP) is 4.49. The molecule has 1 heterocycles. The zero-order valence-corrected chi connectivity index (χ0v) is 12.8. The summed E-state index contributed by atoms with van der Waals surface area (Å²) in [4.78, 5) is 16.1. The lowest BCUT2D eigenvalue weighted by molar-refractivity contribution is 0.102. The molecule has 0 spiro atoms. The first-order valence-corrected chi connectivity index (χ1v) is 7.26. The van der Waals surface area contributed by atoms with Crippen molar-refractivity contribution in [1.82, 2.24) is 4.98 Å². The number of benzene rings is 2. The molecule has 4 nitrogen and oxygen atoms in total. The molecule has 7 heteroatoms. The van der Waals surface area contributed by atoms with E-state index in [1.54, 1.807) is 18.2 Å². The van der Waals surface area contributed by atoms with Crippen LogP contribution in [0, 0.1) is 17.5 Å². The van der Waals surface area contributed by atoms with Gasteiger partial charge in [-0.05, 0) is 48.5 Å². The summed E-state index contributed by atoms with van der Waals surface area (Å²) in [7, 11) is 0. The molecular formula is C18H12F3N3O. The van der Waals surface area contributed by atoms with Crippen LogP contribution >= 0.6 is 0 Å². The predicted molar refractivity (Wildman–Crippen MR) is 88.2 cm³/mol. The van der Waals surface area contributed by atoms with Gasteiger partial charge < -0.3 is 10.6 Å². The molecule has 0 fully saturated rings. The van der Waals surface area contributed by atoms with Crippen LogP contribution in [0.2, 0.25) is 0 Å². The maximum Gasteiger partial charge on any atom is 0.274 e. The van der Waals surface area contributed by atoms with Gasteiger partial charge in [0.05, 0.1) is 0 Å². The van der Waals surface area contributed by atoms with Crippen molar-refractivity contribution in [3.8, 4) is 0 Å². The highest BCUT2D eigenvalue weighted by atomic mass is 19.2. The second-order valence-corrected chi connectivity index (χ2v) is 5.14. The highest BCUT2D eigenvalue weighted by Gasteiger charge is 2.10. The van der Waals surface area contributed by atoms with Gasteiger partial charge in [-0.3, -0.25) is 9.78 Å². The smallest absolute Gasteiger partial charge is 0.274 e. The second kappa shape index (κ2) is 7.04. The standard InChI is InChI=1S/C18H12F3N3O/c19-11-1-3-12(4-2-11)23-14-7-8-22-17(10-14)18(25)24-13-5-6-15(20)16(21)9-13/h1-10H,(H,22,23)(H,24,25). The molecule has 0 saturated carbocycles. The van der Waals surface area contributed by atoms with Gasteiger partial charge in [-0.2, -0.15) is 0 Å². The van der Waals surface area contributed by atoms with E-state index in [1.807, 2.05) is 0 Å². The third-order valence-electron chi connectivity index (χ3n) is 3.30. The molecule has 0 atom stereocenters. The molecule has 0 aliphatic heterocycles. The number of carbonyl (C=O) groups is 1. The van der Waals surface area contributed by atoms with E-state index in [1.165, 1.54) is 30.5 Å². The Balaban J connectivity index is 1.74. The number of carbonyl (C=O) groups excluding carboxylic acids is 1. The van der Waals surface area contributed by atoms with E-state index < -0.39 is 17.5 Å². The quantitative estimate of drug-likeness (QED) is 0.734. The van der Waals surface area contributed by atoms with Crippen molar-refractivity contribution in [2.75, 3.05) is 10.6 Å². The molecule has 0 aliphatic carbocycles. The van der Waals surface area contributed by atoms with Crippen LogP contribution in [-0.4, -0.2) is 10.9 Å². The minimum atomic E-state index is -1.06. The normalized spacial score (nSPS) is 10.4. The summed E-state index contributed by atoms with van der Waals surface area (Å²) in [6.07, 6.45) is 1.42. The monoisotopic (exact) mass is 343 g/mol. The van der Waals surface area contributed by atoms with Gasteiger partial charge in [-0.25, -0.2) is 13.2 Å². The van der Waals surface area contributed by atoms with Crippen molar-refractivity contribution in [1.29, 1.82) is 0 Å². The third-order valence-corrected chi connectivity index (χ3v) is 3.30. The van der Waals surface area contributed by atoms with Crippen LogP contribution in [0.15, 0.2) is 60.8 Å². The number of nitrogens with zero attached hydrogens (tertiary/aromatic N) is 1. The van der Waals surface area contributed by atoms with Gasteiger partial charge >= 0.3 is 0 Å². The summed E-state index contributed by atoms with van der Waals surface area (Å²) < 4.78 is 39.0. The molecule has 0 radical (unpaired) electrons. The van der Waals surface area contributed by atoms with Gasteiger partial charge in [0.15, 0.2) is 11.6 Å². The Kier molecular flexibility index (Phi) is 4.65. The summed E-state index contributed by atoms with van der Waals surface area (Å²) in [6, 6.07) is 11.9. The Labute approximate surface area is 141 Å². The first-order chi connectivity index (χ1) is 12.0. The van der Waals surface area contributed by atoms with E-state index in [0.29, 0.717) is 11.4 Å². The van der Waals surface area contributed by atoms with Crippen LogP contribution in [0.5, 0.6) is 0 Å². The molecule has 3 rings (SSSR count). The van der Waals surface area contributed by atoms with E-state index in [4.69, 9.17) is 0 Å². The van der Waals surface area contributed by atoms with Crippen molar-refractivity contribution < 1.29 is 18.0 Å². The van der Waals surface area contributed by atoms with Crippen molar-refractivity contribution in [2.24, 2.45) is 0 Å². The van der Waals surface area contributed by atoms with E-state index in [2.05, 4.69) is 15.6 Å². The summed E-state index contributed by atoms with van der Waals surface area (Å²) >= 11 is 0. The Morgan fingerprint density at radius 3 is 2.24 bits per heavy atom. The van der Waals surface area contributed by atoms with Gasteiger partial charge in [-0.15, -0.1) is 0 Å². The fourth-order valence-corrected chi connectivity index (χ4v) is 2.10. The van der Waals surface area contributed by atoms with Crippen molar-refractivity contribution in [3.63, 3.8) is 0 Å². The molecule has 1 amide bonds. The summed E-state index contributed by atoms with van der Waals surface area (Å²) in [6.45, 7) is 0. The highest BCUT2D eigenvalue weighted by Crippen LogP contribution is 2.18. The molecule has 0 bridgehead atoms. The molecule has 2 N–H and O–H groups in total. The zero-order valence-electron chi connectivity index (χ0n) is 12.8. The van der Waals surface area contributed by atoms with Crippen LogP contribution in [-0.2, 0) is 0 Å². The Morgan fingerprint density at radius 1 is 0.800 bits per heavy atom. The van der Waals surface area contributed by atoms with Gasteiger partial charge in [-0.1, -0.05) is 0 Å². The molecule has 126 valence electrons. The average Bonchev–Trinajstić information content (AvgIpc) is 2.60. The van der Waals surface area contributed by atoms with E-state index in [0.717, 1.165) is 12.1 Å². The summed E-state index contributed by atoms with van der Waals surface area (Å²) in [5.74, 6) is -2.99. The number of aromatic nitrogens is 1. The number of hydrogen-bond acceptors (Lipinski definition) is 3. The second-order valence-electron chi connectivity index (χ2n) is 5.14. The number of rotatable bonds is 4. The minimum absolute atomic E-state index is 0.0804. The van der Waals surface area contributed by atoms with Crippen LogP contribution in [0.3, 0.4) is 0 Å². The van der Waals surface area contributed by atoms with E-state index in [-0.39, 0.29) is 17.2 Å². The third kappa shape index (κ3) is 4.14. The van der Waals surface area contributed by atoms with E-state index >= 15 is 0 Å². The molecule has 3 aromatic rings. The molecular weight excluding hydrogens is 331 g/mol. The lowest BCUT2D eigenvalue weighted by atomic mass is 10.2. The maximum atomic E-state index is 13.2. The molecule has 0 saturated heterocycles. The Morgan fingerprint density at radius 2 is 1.52 bits per heavy atom. The largest absolute Gasteiger partial charge is 0.355 e. The SMILES string of the molecule is O=C(Nc1ccc(F)c(F)c1)c1cc(Nc2ccc(F)cc2)ccn1. The topological polar surface area (TPSA) is 54.0 Å². The van der Waals surface area contributed by atoms with E-state index in [9.17, 15) is 18.0 Å². The van der Waals surface area contributed by atoms with Crippen molar-refractivity contribution >= 4 is 23.0 Å². The first-order valence-electron chi connectivity index (χ1n) is 7.26. The van der Waals surface area contributed by atoms with Crippen molar-refractivity contribution in [2.45, 2.75) is 0 Å². The number of anilines is 3. The van der Waals surface area contributed by atoms with Crippen LogP contribution < -0.4 is 10.6 Å². The minimum Gasteiger partial charge on any atom is -0.355 e. The Bertz CT molecular complexity index is 914. The molecule has 0 unspecified atom stereocenters. The highest BCUT2D eigenvalue weighted by molar-refractivity contribution is 6.03. The maximum absolute atomic E-state index is 13.2. The molecule has 0 aliphatic rings. The molecule has 1 aromatic heterocycles. The summed E-state index contributed by atoms with van der Waals surface area (Å²) in [5, 5.41) is 5.45. The first kappa shape index (κ1) is 16.5. The van der Waals surface area contributed by atoms with Crippen molar-refractivity contribution in [3.05, 3.63) is 83.9 Å². The average molecular weight is 343 g/mol. The Hall–Kier alpha value is -3.35. The molecule has 2 aromatic carbocycles. The van der Waals surface area contributed by atoms with Gasteiger partial charge in [0, 0.05) is 29.3 Å². The number of hydrogen-bond donors (Lipinski definition) is 2. The van der Waals surface area contributed by atoms with Gasteiger partial charge in [0.1, 0.15) is 11.5 Å². The number of halogens is 3.